The zero-order chi connectivity index (χ0) is 38.2. The lowest BCUT2D eigenvalue weighted by molar-refractivity contribution is -0.531. The Bertz CT molecular complexity index is 1910. The quantitative estimate of drug-likeness (QED) is 0.194. The van der Waals surface area contributed by atoms with Gasteiger partial charge in [0.2, 0.25) is 5.71 Å². The van der Waals surface area contributed by atoms with Gasteiger partial charge in [0.1, 0.15) is 13.2 Å². The summed E-state index contributed by atoms with van der Waals surface area (Å²) in [5, 5.41) is 32.1. The van der Waals surface area contributed by atoms with Gasteiger partial charge in [-0.1, -0.05) is 18.2 Å². The number of carboxylic acids is 3. The van der Waals surface area contributed by atoms with Crippen molar-refractivity contribution in [2.24, 2.45) is 0 Å². The number of hydrogen-bond donors (Lipinski definition) is 2. The Morgan fingerprint density at radius 2 is 1.40 bits per heavy atom. The Morgan fingerprint density at radius 3 is 1.96 bits per heavy atom. The fraction of sp³-hybridized carbons (Fsp3) is 0.342. The molecule has 3 aromatic rings. The highest BCUT2D eigenvalue weighted by Crippen LogP contribution is 2.36. The van der Waals surface area contributed by atoms with E-state index in [-0.39, 0.29) is 38.8 Å². The van der Waals surface area contributed by atoms with Gasteiger partial charge in [0.15, 0.2) is 18.5 Å². The maximum absolute atomic E-state index is 14.1. The van der Waals surface area contributed by atoms with Crippen LogP contribution in [-0.2, 0) is 28.5 Å². The molecule has 278 valence electrons. The van der Waals surface area contributed by atoms with Crippen molar-refractivity contribution in [3.05, 3.63) is 104 Å². The second kappa shape index (κ2) is 20.8. The third-order valence-corrected chi connectivity index (χ3v) is 8.91. The van der Waals surface area contributed by atoms with Gasteiger partial charge in [0, 0.05) is 91.9 Å². The van der Waals surface area contributed by atoms with Gasteiger partial charge in [0.25, 0.3) is 0 Å². The van der Waals surface area contributed by atoms with Crippen LogP contribution in [-0.4, -0.2) is 119 Å². The lowest BCUT2D eigenvalue weighted by Crippen LogP contribution is -2.31. The van der Waals surface area contributed by atoms with Crippen LogP contribution < -0.4 is 15.4 Å². The van der Waals surface area contributed by atoms with E-state index in [0.29, 0.717) is 69.4 Å². The smallest absolute Gasteiger partial charge is 0.336 e. The van der Waals surface area contributed by atoms with Crippen molar-refractivity contribution in [3.63, 3.8) is 0 Å². The highest BCUT2D eigenvalue weighted by Gasteiger charge is 2.29. The molecule has 0 amide bonds. The first-order valence-electron chi connectivity index (χ1n) is 16.2. The summed E-state index contributed by atoms with van der Waals surface area (Å²) in [4.78, 5) is 50.9. The largest absolute Gasteiger partial charge is 0.550 e. The van der Waals surface area contributed by atoms with Gasteiger partial charge in [-0.25, -0.2) is 14.2 Å². The molecule has 1 aliphatic carbocycles. The average Bonchev–Trinajstić information content (AvgIpc) is 3.13. The van der Waals surface area contributed by atoms with Crippen molar-refractivity contribution in [3.8, 4) is 0 Å². The van der Waals surface area contributed by atoms with E-state index < -0.39 is 17.9 Å². The third kappa shape index (κ3) is 11.0. The second-order valence-corrected chi connectivity index (χ2v) is 12.3. The number of aliphatic carboxylic acids is 2. The number of nitrogens with zero attached hydrogens (tertiary/aromatic N) is 2. The average molecular weight is 737 g/mol. The van der Waals surface area contributed by atoms with Gasteiger partial charge in [-0.15, -0.1) is 11.3 Å². The molecule has 0 aliphatic heterocycles. The number of hydrogen-bond acceptors (Lipinski definition) is 11. The Morgan fingerprint density at radius 1 is 0.808 bits per heavy atom. The topological polar surface area (TPSA) is 175 Å². The molecular formula is C38H44N2O11S. The van der Waals surface area contributed by atoms with E-state index in [4.69, 9.17) is 28.8 Å². The predicted molar refractivity (Wildman–Crippen MR) is 198 cm³/mol. The van der Waals surface area contributed by atoms with Crippen LogP contribution in [0.1, 0.15) is 28.4 Å². The fourth-order valence-electron chi connectivity index (χ4n) is 5.48. The van der Waals surface area contributed by atoms with E-state index in [1.807, 2.05) is 21.6 Å². The molecule has 1 aliphatic rings. The van der Waals surface area contributed by atoms with E-state index in [2.05, 4.69) is 0 Å². The van der Waals surface area contributed by atoms with Crippen molar-refractivity contribution in [1.29, 1.82) is 0 Å². The number of carbonyl (C=O) groups excluding carboxylic acids is 1. The van der Waals surface area contributed by atoms with E-state index in [9.17, 15) is 24.6 Å². The van der Waals surface area contributed by atoms with E-state index >= 15 is 0 Å². The number of ether oxygens (including phenoxy) is 4. The maximum Gasteiger partial charge on any atom is 0.336 e. The first-order chi connectivity index (χ1) is 25.0. The zero-order valence-electron chi connectivity index (χ0n) is 29.9. The van der Waals surface area contributed by atoms with E-state index in [0.717, 1.165) is 11.6 Å². The molecule has 13 nitrogen and oxygen atoms in total. The summed E-state index contributed by atoms with van der Waals surface area (Å²) in [6.45, 7) is 4.54. The molecule has 0 saturated heterocycles. The first kappa shape index (κ1) is 41.4. The Labute approximate surface area is 305 Å². The molecule has 0 saturated carbocycles. The molecule has 0 unspecified atom stereocenters. The Balaban J connectivity index is 0.00000173. The number of carboxylic acid groups (broad SMARTS) is 3. The molecule has 2 aromatic carbocycles. The standard InChI is InChI=1S/C36H40N2O9S.C2H4O2/c1-44-17-13-37(14-18-45-2)24-9-11-26(29(21-24)35(40)41)33(31-23-48-32-8-6-5-7-28(32)34(31)39)27-12-10-25(22-30(27)36(42)43)38(15-19-46-3)16-20-47-4;1-2(3)4/h5-12,21-23H,13-20H2,1-4H3,(H-,40,41,42,43);1H3,(H,3,4). The molecule has 52 heavy (non-hydrogen) atoms. The SMILES string of the molecule is CC(=O)[O-].COCCN(CCOC)c1ccc(C(=C2C=CC(=[N+](CCOC)CCOC)C=C2C(=O)O)c2csc3ccccc3c2=O)c(C(=O)O)c1. The Kier molecular flexibility index (Phi) is 16.5. The number of aromatic carboxylic acids is 1. The minimum absolute atomic E-state index is 0.0814. The molecule has 14 heteroatoms. The number of benzene rings is 2. The molecule has 2 N–H and O–H groups in total. The van der Waals surface area contributed by atoms with E-state index in [1.54, 1.807) is 82.4 Å². The van der Waals surface area contributed by atoms with Gasteiger partial charge in [-0.3, -0.25) is 4.79 Å². The summed E-state index contributed by atoms with van der Waals surface area (Å²) >= 11 is 1.33. The number of allylic oxidation sites excluding steroid dienone is 3. The van der Waals surface area contributed by atoms with Gasteiger partial charge < -0.3 is 44.0 Å². The second-order valence-electron chi connectivity index (χ2n) is 11.4. The highest BCUT2D eigenvalue weighted by atomic mass is 32.1. The Hall–Kier alpha value is -4.99. The van der Waals surface area contributed by atoms with Crippen molar-refractivity contribution in [1.82, 2.24) is 0 Å². The molecule has 4 rings (SSSR count). The van der Waals surface area contributed by atoms with Crippen molar-refractivity contribution in [2.75, 3.05) is 85.9 Å². The lowest BCUT2D eigenvalue weighted by atomic mass is 9.85. The summed E-state index contributed by atoms with van der Waals surface area (Å²) in [7, 11) is 6.36. The number of rotatable bonds is 17. The minimum atomic E-state index is -1.22. The molecule has 1 heterocycles. The van der Waals surface area contributed by atoms with Crippen LogP contribution in [0.25, 0.3) is 15.7 Å². The summed E-state index contributed by atoms with van der Waals surface area (Å²) in [5.41, 5.74) is 1.60. The molecule has 0 bridgehead atoms. The zero-order valence-corrected chi connectivity index (χ0v) is 30.7. The van der Waals surface area contributed by atoms with Crippen molar-refractivity contribution in [2.45, 2.75) is 6.92 Å². The third-order valence-electron chi connectivity index (χ3n) is 7.95. The van der Waals surface area contributed by atoms with Crippen LogP contribution in [0.2, 0.25) is 0 Å². The molecule has 1 aromatic heterocycles. The van der Waals surface area contributed by atoms with Gasteiger partial charge in [-0.05, 0) is 48.4 Å². The summed E-state index contributed by atoms with van der Waals surface area (Å²) < 4.78 is 23.8. The highest BCUT2D eigenvalue weighted by molar-refractivity contribution is 7.16. The molecule has 0 radical (unpaired) electrons. The van der Waals surface area contributed by atoms with Crippen LogP contribution in [0.3, 0.4) is 0 Å². The molecule has 0 fully saturated rings. The van der Waals surface area contributed by atoms with Crippen LogP contribution in [0.4, 0.5) is 5.69 Å². The van der Waals surface area contributed by atoms with Crippen molar-refractivity contribution < 1.29 is 53.2 Å². The van der Waals surface area contributed by atoms with Crippen LogP contribution in [0.5, 0.6) is 0 Å². The normalized spacial score (nSPS) is 13.2. The minimum Gasteiger partial charge on any atom is -0.550 e. The first-order valence-corrected chi connectivity index (χ1v) is 17.1. The van der Waals surface area contributed by atoms with Crippen molar-refractivity contribution >= 4 is 56.3 Å². The number of methoxy groups -OCH3 is 4. The van der Waals surface area contributed by atoms with Gasteiger partial charge in [-0.2, -0.15) is 0 Å². The lowest BCUT2D eigenvalue weighted by Gasteiger charge is -2.26. The number of anilines is 1. The van der Waals surface area contributed by atoms with Crippen LogP contribution >= 0.6 is 11.3 Å². The summed E-state index contributed by atoms with van der Waals surface area (Å²) in [6, 6.07) is 12.1. The van der Waals surface area contributed by atoms with Gasteiger partial charge >= 0.3 is 11.9 Å². The van der Waals surface area contributed by atoms with Crippen LogP contribution in [0.15, 0.2) is 82.0 Å². The predicted octanol–water partition coefficient (Wildman–Crippen LogP) is 2.94. The monoisotopic (exact) mass is 736 g/mol. The maximum atomic E-state index is 14.1. The molecule has 0 spiro atoms. The fourth-order valence-corrected chi connectivity index (χ4v) is 6.39. The van der Waals surface area contributed by atoms with Gasteiger partial charge in [0.05, 0.1) is 24.4 Å². The molecule has 0 atom stereocenters. The number of carbonyl (C=O) groups is 3. The van der Waals surface area contributed by atoms with Crippen LogP contribution in [0, 0.1) is 0 Å². The number of fused-ring (bicyclic) bond motifs is 1. The van der Waals surface area contributed by atoms with E-state index in [1.165, 1.54) is 11.3 Å². The summed E-state index contributed by atoms with van der Waals surface area (Å²) in [5.74, 6) is -3.53. The molecular weight excluding hydrogens is 692 g/mol. The summed E-state index contributed by atoms with van der Waals surface area (Å²) in [6.07, 6.45) is 4.96.